The number of Topliss-reactive ketones (excluding diaryl/α,β-unsaturated/α-hetero) is 1. The zero-order valence-electron chi connectivity index (χ0n) is 13.4. The molecule has 0 spiro atoms. The van der Waals surface area contributed by atoms with Crippen LogP contribution in [0, 0.1) is 0 Å². The molecular weight excluding hydrogens is 333 g/mol. The number of aliphatic carboxylic acids is 1. The number of fused-ring (bicyclic) bond motifs is 1. The maximum atomic E-state index is 12.5. The first-order valence-electron chi connectivity index (χ1n) is 7.47. The molecule has 1 unspecified atom stereocenters. The second-order valence-electron chi connectivity index (χ2n) is 5.47. The van der Waals surface area contributed by atoms with Crippen LogP contribution in [0.15, 0.2) is 35.4 Å². The number of hydrogen-bond donors (Lipinski definition) is 2. The molecule has 25 heavy (non-hydrogen) atoms. The third-order valence-corrected chi connectivity index (χ3v) is 3.76. The van der Waals surface area contributed by atoms with Gasteiger partial charge in [-0.3, -0.25) is 14.4 Å². The number of nitrogens with one attached hydrogen (secondary N) is 2. The SMILES string of the molecule is C[C@@H](C(=O)NC(CC(=O)O)C(=O)CF)n1c[nH+]c2ccccc2c1=O. The lowest BCUT2D eigenvalue weighted by Crippen LogP contribution is -2.46. The van der Waals surface area contributed by atoms with Gasteiger partial charge in [0.25, 0.3) is 5.91 Å². The average molecular weight is 350 g/mol. The van der Waals surface area contributed by atoms with E-state index in [2.05, 4.69) is 10.3 Å². The Morgan fingerprint density at radius 2 is 2.00 bits per heavy atom. The summed E-state index contributed by atoms with van der Waals surface area (Å²) in [6.07, 6.45) is 0.581. The predicted molar refractivity (Wildman–Crippen MR) is 84.6 cm³/mol. The minimum Gasteiger partial charge on any atom is -0.481 e. The molecule has 8 nitrogen and oxygen atoms in total. The molecule has 3 N–H and O–H groups in total. The number of carbonyl (C=O) groups is 3. The van der Waals surface area contributed by atoms with Crippen LogP contribution in [0.1, 0.15) is 19.4 Å². The van der Waals surface area contributed by atoms with Gasteiger partial charge in [-0.2, -0.15) is 4.57 Å². The molecule has 0 aliphatic rings. The number of hydrogen-bond acceptors (Lipinski definition) is 4. The summed E-state index contributed by atoms with van der Waals surface area (Å²) in [5.74, 6) is -3.16. The number of carbonyl (C=O) groups excluding carboxylic acids is 2. The van der Waals surface area contributed by atoms with Crippen molar-refractivity contribution in [3.05, 3.63) is 40.9 Å². The fourth-order valence-electron chi connectivity index (χ4n) is 2.35. The normalized spacial score (nSPS) is 13.2. The summed E-state index contributed by atoms with van der Waals surface area (Å²) in [5.41, 5.74) is 0.163. The van der Waals surface area contributed by atoms with E-state index < -0.39 is 48.4 Å². The van der Waals surface area contributed by atoms with Crippen LogP contribution in [0.2, 0.25) is 0 Å². The summed E-state index contributed by atoms with van der Waals surface area (Å²) >= 11 is 0. The number of rotatable bonds is 7. The van der Waals surface area contributed by atoms with Crippen molar-refractivity contribution >= 4 is 28.6 Å². The Labute approximate surface area is 141 Å². The van der Waals surface area contributed by atoms with Gasteiger partial charge in [-0.15, -0.1) is 0 Å². The molecule has 0 saturated carbocycles. The lowest BCUT2D eigenvalue weighted by Gasteiger charge is -2.16. The van der Waals surface area contributed by atoms with E-state index in [1.54, 1.807) is 24.3 Å². The molecule has 1 aromatic carbocycles. The molecule has 132 valence electrons. The Morgan fingerprint density at radius 1 is 1.32 bits per heavy atom. The first-order chi connectivity index (χ1) is 11.8. The van der Waals surface area contributed by atoms with Crippen molar-refractivity contribution in [2.45, 2.75) is 25.4 Å². The number of halogens is 1. The third-order valence-electron chi connectivity index (χ3n) is 3.76. The fraction of sp³-hybridized carbons (Fsp3) is 0.312. The second-order valence-corrected chi connectivity index (χ2v) is 5.47. The van der Waals surface area contributed by atoms with Crippen LogP contribution in [0.3, 0.4) is 0 Å². The highest BCUT2D eigenvalue weighted by molar-refractivity contribution is 5.93. The smallest absolute Gasteiger partial charge is 0.345 e. The Morgan fingerprint density at radius 3 is 2.64 bits per heavy atom. The maximum Gasteiger partial charge on any atom is 0.345 e. The highest BCUT2D eigenvalue weighted by atomic mass is 19.1. The number of nitrogens with zero attached hydrogens (tertiary/aromatic N) is 1. The molecule has 1 heterocycles. The van der Waals surface area contributed by atoms with Crippen LogP contribution >= 0.6 is 0 Å². The first-order valence-corrected chi connectivity index (χ1v) is 7.47. The summed E-state index contributed by atoms with van der Waals surface area (Å²) in [6, 6.07) is 4.20. The van der Waals surface area contributed by atoms with E-state index in [-0.39, 0.29) is 0 Å². The molecule has 2 aromatic rings. The number of alkyl halides is 1. The van der Waals surface area contributed by atoms with Gasteiger partial charge in [-0.1, -0.05) is 12.1 Å². The molecule has 2 rings (SSSR count). The van der Waals surface area contributed by atoms with E-state index in [1.807, 2.05) is 0 Å². The van der Waals surface area contributed by atoms with Crippen molar-refractivity contribution in [3.8, 4) is 0 Å². The monoisotopic (exact) mass is 350 g/mol. The molecular formula is C16H17FN3O5+. The van der Waals surface area contributed by atoms with Crippen LogP contribution in [-0.2, 0) is 14.4 Å². The van der Waals surface area contributed by atoms with Crippen molar-refractivity contribution in [1.29, 1.82) is 0 Å². The Kier molecular flexibility index (Phi) is 5.58. The quantitative estimate of drug-likeness (QED) is 0.721. The zero-order chi connectivity index (χ0) is 18.6. The van der Waals surface area contributed by atoms with E-state index in [0.29, 0.717) is 10.9 Å². The van der Waals surface area contributed by atoms with Crippen molar-refractivity contribution < 1.29 is 28.9 Å². The predicted octanol–water partition coefficient (Wildman–Crippen LogP) is -0.125. The van der Waals surface area contributed by atoms with Crippen LogP contribution < -0.4 is 15.9 Å². The van der Waals surface area contributed by atoms with Gasteiger partial charge in [0.1, 0.15) is 23.6 Å². The van der Waals surface area contributed by atoms with E-state index in [0.717, 1.165) is 4.57 Å². The maximum absolute atomic E-state index is 12.5. The van der Waals surface area contributed by atoms with Crippen molar-refractivity contribution in [2.75, 3.05) is 6.67 Å². The molecule has 1 aromatic heterocycles. The van der Waals surface area contributed by atoms with Gasteiger partial charge in [0, 0.05) is 0 Å². The Bertz CT molecular complexity index is 879. The van der Waals surface area contributed by atoms with Crippen molar-refractivity contribution in [3.63, 3.8) is 0 Å². The van der Waals surface area contributed by atoms with Gasteiger partial charge in [-0.05, 0) is 19.1 Å². The Balaban J connectivity index is 2.27. The van der Waals surface area contributed by atoms with Crippen LogP contribution in [0.25, 0.3) is 10.9 Å². The lowest BCUT2D eigenvalue weighted by atomic mass is 10.1. The fourth-order valence-corrected chi connectivity index (χ4v) is 2.35. The van der Waals surface area contributed by atoms with Gasteiger partial charge in [0.05, 0.1) is 6.42 Å². The number of aromatic amines is 1. The molecule has 1 amide bonds. The van der Waals surface area contributed by atoms with E-state index in [9.17, 15) is 23.6 Å². The molecule has 0 bridgehead atoms. The number of aromatic nitrogens is 2. The molecule has 0 fully saturated rings. The largest absolute Gasteiger partial charge is 0.481 e. The van der Waals surface area contributed by atoms with Gasteiger partial charge in [0.2, 0.25) is 6.33 Å². The summed E-state index contributed by atoms with van der Waals surface area (Å²) in [4.78, 5) is 49.9. The van der Waals surface area contributed by atoms with Crippen LogP contribution in [0.5, 0.6) is 0 Å². The lowest BCUT2D eigenvalue weighted by molar-refractivity contribution is -0.353. The van der Waals surface area contributed by atoms with Gasteiger partial charge >= 0.3 is 11.5 Å². The van der Waals surface area contributed by atoms with E-state index in [4.69, 9.17) is 5.11 Å². The zero-order valence-corrected chi connectivity index (χ0v) is 13.4. The van der Waals surface area contributed by atoms with E-state index >= 15 is 0 Å². The summed E-state index contributed by atoms with van der Waals surface area (Å²) in [6.45, 7) is 0.0212. The summed E-state index contributed by atoms with van der Waals surface area (Å²) < 4.78 is 13.7. The van der Waals surface area contributed by atoms with Crippen LogP contribution in [0.4, 0.5) is 4.39 Å². The standard InChI is InChI=1S/C16H16FN3O5/c1-9(15(24)19-12(6-14(22)23)13(21)7-17)20-8-18-11-5-3-2-4-10(11)16(20)25/h2-5,8-9,12H,6-7H2,1H3,(H,19,24)(H,22,23)/p+1/t9-,12?/m0/s1. The topological polar surface area (TPSA) is 120 Å². The van der Waals surface area contributed by atoms with E-state index in [1.165, 1.54) is 13.3 Å². The van der Waals surface area contributed by atoms with Gasteiger partial charge < -0.3 is 10.4 Å². The Hall–Kier alpha value is -3.10. The van der Waals surface area contributed by atoms with Crippen LogP contribution in [-0.4, -0.2) is 40.0 Å². The van der Waals surface area contributed by atoms with Crippen molar-refractivity contribution in [2.24, 2.45) is 0 Å². The third kappa shape index (κ3) is 4.06. The average Bonchev–Trinajstić information content (AvgIpc) is 2.60. The summed E-state index contributed by atoms with van der Waals surface area (Å²) in [5, 5.41) is 11.3. The number of carboxylic acids is 1. The number of amides is 1. The molecule has 0 aliphatic carbocycles. The number of para-hydroxylation sites is 1. The van der Waals surface area contributed by atoms with Crippen molar-refractivity contribution in [1.82, 2.24) is 9.88 Å². The van der Waals surface area contributed by atoms with Gasteiger partial charge in [-0.25, -0.2) is 14.2 Å². The first kappa shape index (κ1) is 18.2. The van der Waals surface area contributed by atoms with Gasteiger partial charge in [0.15, 0.2) is 11.8 Å². The minimum absolute atomic E-state index is 0.367. The molecule has 0 radical (unpaired) electrons. The molecule has 0 aliphatic heterocycles. The highest BCUT2D eigenvalue weighted by Gasteiger charge is 2.29. The number of ketones is 1. The number of benzene rings is 1. The highest BCUT2D eigenvalue weighted by Crippen LogP contribution is 2.07. The number of H-pyrrole nitrogens is 1. The minimum atomic E-state index is -1.49. The second kappa shape index (κ2) is 7.65. The summed E-state index contributed by atoms with van der Waals surface area (Å²) in [7, 11) is 0. The molecule has 0 saturated heterocycles. The molecule has 9 heteroatoms. The number of carboxylic acid groups (broad SMARTS) is 1. The molecule has 2 atom stereocenters.